The van der Waals surface area contributed by atoms with Crippen LogP contribution in [-0.2, 0) is 9.84 Å². The van der Waals surface area contributed by atoms with Crippen LogP contribution in [0.3, 0.4) is 0 Å². The molecular formula is C12H25NO2S. The Morgan fingerprint density at radius 3 is 2.31 bits per heavy atom. The Balaban J connectivity index is 2.38. The lowest BCUT2D eigenvalue weighted by Crippen LogP contribution is -2.36. The van der Waals surface area contributed by atoms with E-state index in [1.165, 1.54) is 12.8 Å². The molecule has 0 amide bonds. The molecule has 0 heterocycles. The van der Waals surface area contributed by atoms with Gasteiger partial charge >= 0.3 is 0 Å². The summed E-state index contributed by atoms with van der Waals surface area (Å²) >= 11 is 0. The molecule has 1 aliphatic carbocycles. The van der Waals surface area contributed by atoms with Crippen LogP contribution in [0.25, 0.3) is 0 Å². The third-order valence-electron chi connectivity index (χ3n) is 3.46. The molecule has 1 saturated carbocycles. The molecule has 0 saturated heterocycles. The lowest BCUT2D eigenvalue weighted by atomic mass is 10.0. The molecule has 1 atom stereocenters. The normalized spacial score (nSPS) is 20.5. The minimum atomic E-state index is -2.94. The van der Waals surface area contributed by atoms with Crippen molar-refractivity contribution >= 4 is 9.84 Å². The maximum Gasteiger partial charge on any atom is 0.151 e. The zero-order chi connectivity index (χ0) is 12.2. The summed E-state index contributed by atoms with van der Waals surface area (Å²) in [6.07, 6.45) is 5.40. The molecule has 1 unspecified atom stereocenters. The quantitative estimate of drug-likeness (QED) is 0.780. The molecule has 3 nitrogen and oxygen atoms in total. The molecule has 0 aliphatic heterocycles. The Bertz CT molecular complexity index is 292. The molecule has 0 aromatic carbocycles. The van der Waals surface area contributed by atoms with E-state index in [1.807, 2.05) is 13.8 Å². The lowest BCUT2D eigenvalue weighted by Gasteiger charge is -2.18. The number of rotatable bonds is 6. The van der Waals surface area contributed by atoms with Crippen molar-refractivity contribution in [3.63, 3.8) is 0 Å². The van der Waals surface area contributed by atoms with Gasteiger partial charge in [-0.2, -0.15) is 0 Å². The van der Waals surface area contributed by atoms with E-state index in [4.69, 9.17) is 5.73 Å². The Labute approximate surface area is 99.7 Å². The summed E-state index contributed by atoms with van der Waals surface area (Å²) < 4.78 is 23.6. The minimum Gasteiger partial charge on any atom is -0.327 e. The topological polar surface area (TPSA) is 60.2 Å². The number of hydrogen-bond acceptors (Lipinski definition) is 3. The van der Waals surface area contributed by atoms with E-state index in [9.17, 15) is 8.42 Å². The maximum absolute atomic E-state index is 11.8. The Kier molecular flexibility index (Phi) is 5.25. The van der Waals surface area contributed by atoms with Gasteiger partial charge in [0, 0.05) is 6.04 Å². The van der Waals surface area contributed by atoms with Gasteiger partial charge in [0.25, 0.3) is 0 Å². The van der Waals surface area contributed by atoms with E-state index in [0.29, 0.717) is 17.6 Å². The molecule has 1 fully saturated rings. The fraction of sp³-hybridized carbons (Fsp3) is 1.00. The first-order chi connectivity index (χ1) is 7.41. The van der Waals surface area contributed by atoms with Crippen molar-refractivity contribution in [3.8, 4) is 0 Å². The number of hydrogen-bond donors (Lipinski definition) is 1. The van der Waals surface area contributed by atoms with Gasteiger partial charge in [-0.25, -0.2) is 8.42 Å². The molecule has 1 rings (SSSR count). The molecule has 0 spiro atoms. The van der Waals surface area contributed by atoms with Crippen molar-refractivity contribution in [3.05, 3.63) is 0 Å². The summed E-state index contributed by atoms with van der Waals surface area (Å²) in [4.78, 5) is 0. The summed E-state index contributed by atoms with van der Waals surface area (Å²) in [5.41, 5.74) is 5.99. The highest BCUT2D eigenvalue weighted by molar-refractivity contribution is 7.91. The third kappa shape index (κ3) is 4.83. The summed E-state index contributed by atoms with van der Waals surface area (Å²) in [6.45, 7) is 4.10. The average Bonchev–Trinajstić information content (AvgIpc) is 2.67. The van der Waals surface area contributed by atoms with Gasteiger partial charge in [-0.05, 0) is 31.1 Å². The Morgan fingerprint density at radius 2 is 1.81 bits per heavy atom. The van der Waals surface area contributed by atoms with Gasteiger partial charge in [0.05, 0.1) is 11.5 Å². The highest BCUT2D eigenvalue weighted by Crippen LogP contribution is 2.27. The molecular weight excluding hydrogens is 222 g/mol. The van der Waals surface area contributed by atoms with Gasteiger partial charge in [-0.15, -0.1) is 0 Å². The van der Waals surface area contributed by atoms with Crippen LogP contribution in [0.5, 0.6) is 0 Å². The molecule has 1 aliphatic rings. The van der Waals surface area contributed by atoms with Gasteiger partial charge in [-0.3, -0.25) is 0 Å². The molecule has 4 heteroatoms. The first-order valence-electron chi connectivity index (χ1n) is 6.37. The monoisotopic (exact) mass is 247 g/mol. The molecule has 0 radical (unpaired) electrons. The van der Waals surface area contributed by atoms with Crippen LogP contribution in [0.1, 0.15) is 46.0 Å². The Morgan fingerprint density at radius 1 is 1.25 bits per heavy atom. The van der Waals surface area contributed by atoms with Crippen LogP contribution < -0.4 is 5.73 Å². The van der Waals surface area contributed by atoms with E-state index < -0.39 is 9.84 Å². The molecule has 2 N–H and O–H groups in total. The fourth-order valence-corrected chi connectivity index (χ4v) is 4.17. The van der Waals surface area contributed by atoms with Crippen molar-refractivity contribution in [2.45, 2.75) is 52.0 Å². The molecule has 16 heavy (non-hydrogen) atoms. The zero-order valence-electron chi connectivity index (χ0n) is 10.5. The van der Waals surface area contributed by atoms with Crippen molar-refractivity contribution in [1.82, 2.24) is 0 Å². The Hall–Kier alpha value is -0.0900. The van der Waals surface area contributed by atoms with Crippen molar-refractivity contribution < 1.29 is 8.42 Å². The SMILES string of the molecule is CC(C)CCS(=O)(=O)CC(N)C1CCCC1. The van der Waals surface area contributed by atoms with E-state index in [-0.39, 0.29) is 11.8 Å². The van der Waals surface area contributed by atoms with Crippen LogP contribution in [0.2, 0.25) is 0 Å². The number of nitrogens with two attached hydrogens (primary N) is 1. The second-order valence-corrected chi connectivity index (χ2v) is 7.73. The first kappa shape index (κ1) is 14.0. The van der Waals surface area contributed by atoms with Crippen LogP contribution in [0, 0.1) is 11.8 Å². The average molecular weight is 247 g/mol. The zero-order valence-corrected chi connectivity index (χ0v) is 11.3. The van der Waals surface area contributed by atoms with Crippen LogP contribution in [0.4, 0.5) is 0 Å². The van der Waals surface area contributed by atoms with E-state index >= 15 is 0 Å². The van der Waals surface area contributed by atoms with E-state index in [0.717, 1.165) is 19.3 Å². The van der Waals surface area contributed by atoms with Gasteiger partial charge < -0.3 is 5.73 Å². The first-order valence-corrected chi connectivity index (χ1v) is 8.19. The van der Waals surface area contributed by atoms with Crippen molar-refractivity contribution in [2.24, 2.45) is 17.6 Å². The highest BCUT2D eigenvalue weighted by Gasteiger charge is 2.26. The summed E-state index contributed by atoms with van der Waals surface area (Å²) in [5, 5.41) is 0. The smallest absolute Gasteiger partial charge is 0.151 e. The third-order valence-corrected chi connectivity index (χ3v) is 5.21. The summed E-state index contributed by atoms with van der Waals surface area (Å²) in [7, 11) is -2.94. The summed E-state index contributed by atoms with van der Waals surface area (Å²) in [6, 6.07) is -0.139. The van der Waals surface area contributed by atoms with Gasteiger partial charge in [0.2, 0.25) is 0 Å². The van der Waals surface area contributed by atoms with Gasteiger partial charge in [0.15, 0.2) is 9.84 Å². The minimum absolute atomic E-state index is 0.139. The van der Waals surface area contributed by atoms with Crippen molar-refractivity contribution in [1.29, 1.82) is 0 Å². The van der Waals surface area contributed by atoms with Gasteiger partial charge in [-0.1, -0.05) is 26.7 Å². The molecule has 0 aromatic rings. The van der Waals surface area contributed by atoms with E-state index in [2.05, 4.69) is 0 Å². The predicted molar refractivity (Wildman–Crippen MR) is 68.0 cm³/mol. The van der Waals surface area contributed by atoms with Crippen LogP contribution >= 0.6 is 0 Å². The summed E-state index contributed by atoms with van der Waals surface area (Å²) in [5.74, 6) is 1.36. The largest absolute Gasteiger partial charge is 0.327 e. The van der Waals surface area contributed by atoms with Gasteiger partial charge in [0.1, 0.15) is 0 Å². The molecule has 96 valence electrons. The second-order valence-electron chi connectivity index (χ2n) is 5.51. The highest BCUT2D eigenvalue weighted by atomic mass is 32.2. The second kappa shape index (κ2) is 6.01. The van der Waals surface area contributed by atoms with Crippen LogP contribution in [-0.4, -0.2) is 26.0 Å². The van der Waals surface area contributed by atoms with E-state index in [1.54, 1.807) is 0 Å². The predicted octanol–water partition coefficient (Wildman–Crippen LogP) is 1.96. The fourth-order valence-electron chi connectivity index (χ4n) is 2.31. The standard InChI is InChI=1S/C12H25NO2S/c1-10(2)7-8-16(14,15)9-12(13)11-5-3-4-6-11/h10-12H,3-9,13H2,1-2H3. The number of sulfone groups is 1. The molecule has 0 aromatic heterocycles. The van der Waals surface area contributed by atoms with Crippen LogP contribution in [0.15, 0.2) is 0 Å². The molecule has 0 bridgehead atoms. The van der Waals surface area contributed by atoms with Crippen molar-refractivity contribution in [2.75, 3.05) is 11.5 Å². The lowest BCUT2D eigenvalue weighted by molar-refractivity contribution is 0.454. The maximum atomic E-state index is 11.8.